The summed E-state index contributed by atoms with van der Waals surface area (Å²) in [7, 11) is 2.89. The number of allylic oxidation sites excluding steroid dienone is 2. The van der Waals surface area contributed by atoms with Gasteiger partial charge in [-0.3, -0.25) is 4.79 Å². The number of nitrogens with one attached hydrogen (secondary N) is 2. The fourth-order valence-corrected chi connectivity index (χ4v) is 4.04. The molecule has 3 heterocycles. The third-order valence-corrected chi connectivity index (χ3v) is 5.75. The van der Waals surface area contributed by atoms with E-state index in [1.807, 2.05) is 6.07 Å². The van der Waals surface area contributed by atoms with E-state index in [1.165, 1.54) is 13.4 Å². The summed E-state index contributed by atoms with van der Waals surface area (Å²) in [4.78, 5) is 30.2. The molecule has 0 radical (unpaired) electrons. The van der Waals surface area contributed by atoms with Crippen LogP contribution in [0.2, 0.25) is 0 Å². The average Bonchev–Trinajstić information content (AvgIpc) is 3.49. The van der Waals surface area contributed by atoms with Crippen LogP contribution in [-0.2, 0) is 16.0 Å². The largest absolute Gasteiger partial charge is 0.464 e. The lowest BCUT2D eigenvalue weighted by molar-refractivity contribution is 0.0588. The van der Waals surface area contributed by atoms with Crippen molar-refractivity contribution in [3.63, 3.8) is 0 Å². The number of amides is 1. The molecule has 0 saturated heterocycles. The molecular weight excluding hydrogens is 424 g/mol. The minimum atomic E-state index is -0.581. The highest BCUT2D eigenvalue weighted by atomic mass is 16.5. The number of hydrogen-bond donors (Lipinski definition) is 2. The lowest BCUT2D eigenvalue weighted by atomic mass is 9.94. The van der Waals surface area contributed by atoms with Gasteiger partial charge in [0.15, 0.2) is 11.5 Å². The van der Waals surface area contributed by atoms with Crippen LogP contribution in [0.25, 0.3) is 11.0 Å². The van der Waals surface area contributed by atoms with Crippen molar-refractivity contribution in [2.24, 2.45) is 5.92 Å². The Balaban J connectivity index is 1.74. The van der Waals surface area contributed by atoms with E-state index in [1.54, 1.807) is 30.0 Å². The zero-order valence-electron chi connectivity index (χ0n) is 18.8. The van der Waals surface area contributed by atoms with E-state index in [-0.39, 0.29) is 11.5 Å². The van der Waals surface area contributed by atoms with E-state index < -0.39 is 11.9 Å². The molecule has 2 N–H and O–H groups in total. The number of fused-ring (bicyclic) bond motifs is 1. The number of carbonyl (C=O) groups is 2. The van der Waals surface area contributed by atoms with Crippen LogP contribution in [0.5, 0.6) is 0 Å². The number of furan rings is 1. The van der Waals surface area contributed by atoms with Gasteiger partial charge in [0, 0.05) is 25.6 Å². The fourth-order valence-electron chi connectivity index (χ4n) is 4.04. The third-order valence-electron chi connectivity index (χ3n) is 5.75. The molecule has 0 saturated carbocycles. The molecule has 1 aliphatic rings. The lowest BCUT2D eigenvalue weighted by Gasteiger charge is -2.18. The smallest absolute Gasteiger partial charge is 0.356 e. The van der Waals surface area contributed by atoms with Crippen LogP contribution in [0.3, 0.4) is 0 Å². The molecule has 9 heteroatoms. The van der Waals surface area contributed by atoms with Crippen LogP contribution in [0.4, 0.5) is 11.4 Å². The Labute approximate surface area is 191 Å². The van der Waals surface area contributed by atoms with Crippen molar-refractivity contribution in [3.05, 3.63) is 54.3 Å². The van der Waals surface area contributed by atoms with Gasteiger partial charge in [0.25, 0.3) is 5.91 Å². The number of ether oxygens (including phenoxy) is 2. The minimum Gasteiger partial charge on any atom is -0.464 e. The topological polar surface area (TPSA) is 108 Å². The minimum absolute atomic E-state index is 0.135. The average molecular weight is 453 g/mol. The van der Waals surface area contributed by atoms with Crippen molar-refractivity contribution >= 4 is 34.3 Å². The first-order valence-corrected chi connectivity index (χ1v) is 11.0. The normalized spacial score (nSPS) is 15.5. The maximum absolute atomic E-state index is 12.8. The van der Waals surface area contributed by atoms with E-state index in [0.717, 1.165) is 31.5 Å². The quantitative estimate of drug-likeness (QED) is 0.372. The predicted molar refractivity (Wildman–Crippen MR) is 125 cm³/mol. The van der Waals surface area contributed by atoms with Crippen LogP contribution in [-0.4, -0.2) is 48.8 Å². The number of carbonyl (C=O) groups excluding carboxylic acids is 2. The summed E-state index contributed by atoms with van der Waals surface area (Å²) in [5.41, 5.74) is 1.89. The third kappa shape index (κ3) is 4.93. The Kier molecular flexibility index (Phi) is 7.09. The van der Waals surface area contributed by atoms with Crippen molar-refractivity contribution in [3.8, 4) is 0 Å². The summed E-state index contributed by atoms with van der Waals surface area (Å²) >= 11 is 0. The molecule has 0 aliphatic heterocycles. The van der Waals surface area contributed by atoms with Crippen LogP contribution in [0, 0.1) is 5.92 Å². The molecule has 3 aromatic heterocycles. The van der Waals surface area contributed by atoms with Crippen molar-refractivity contribution in [1.82, 2.24) is 9.55 Å². The first-order valence-electron chi connectivity index (χ1n) is 11.0. The van der Waals surface area contributed by atoms with Gasteiger partial charge >= 0.3 is 5.97 Å². The highest BCUT2D eigenvalue weighted by molar-refractivity contribution is 6.14. The maximum atomic E-state index is 12.8. The Morgan fingerprint density at radius 1 is 1.30 bits per heavy atom. The summed E-state index contributed by atoms with van der Waals surface area (Å²) < 4.78 is 17.2. The van der Waals surface area contributed by atoms with Gasteiger partial charge in [-0.05, 0) is 43.4 Å². The van der Waals surface area contributed by atoms with E-state index in [0.29, 0.717) is 35.8 Å². The number of nitrogens with zero attached hydrogens (tertiary/aromatic N) is 2. The van der Waals surface area contributed by atoms with Crippen LogP contribution in [0.15, 0.2) is 47.2 Å². The molecule has 33 heavy (non-hydrogen) atoms. The lowest BCUT2D eigenvalue weighted by Crippen LogP contribution is -2.18. The summed E-state index contributed by atoms with van der Waals surface area (Å²) in [5, 5.41) is 6.91. The number of esters is 1. The summed E-state index contributed by atoms with van der Waals surface area (Å²) in [5.74, 6) is -0.359. The summed E-state index contributed by atoms with van der Waals surface area (Å²) in [6.45, 7) is 1.54. The Bertz CT molecular complexity index is 1150. The summed E-state index contributed by atoms with van der Waals surface area (Å²) in [6, 6.07) is 5.08. The van der Waals surface area contributed by atoms with E-state index in [2.05, 4.69) is 27.8 Å². The fraction of sp³-hybridized carbons (Fsp3) is 0.375. The van der Waals surface area contributed by atoms with Crippen molar-refractivity contribution in [2.45, 2.75) is 25.8 Å². The number of rotatable bonds is 9. The number of pyridine rings is 1. The molecule has 0 spiro atoms. The van der Waals surface area contributed by atoms with Crippen molar-refractivity contribution < 1.29 is 23.5 Å². The first kappa shape index (κ1) is 22.6. The zero-order chi connectivity index (χ0) is 23.2. The van der Waals surface area contributed by atoms with Gasteiger partial charge in [-0.1, -0.05) is 12.2 Å². The van der Waals surface area contributed by atoms with E-state index in [9.17, 15) is 9.59 Å². The first-order chi connectivity index (χ1) is 16.1. The Hall–Kier alpha value is -3.59. The van der Waals surface area contributed by atoms with E-state index >= 15 is 0 Å². The zero-order valence-corrected chi connectivity index (χ0v) is 18.8. The van der Waals surface area contributed by atoms with Gasteiger partial charge in [-0.2, -0.15) is 0 Å². The predicted octanol–water partition coefficient (Wildman–Crippen LogP) is 4.08. The van der Waals surface area contributed by atoms with E-state index in [4.69, 9.17) is 13.9 Å². The number of aromatic nitrogens is 2. The maximum Gasteiger partial charge on any atom is 0.356 e. The molecule has 0 aromatic carbocycles. The van der Waals surface area contributed by atoms with Gasteiger partial charge in [-0.15, -0.1) is 0 Å². The van der Waals surface area contributed by atoms with Crippen LogP contribution < -0.4 is 10.6 Å². The van der Waals surface area contributed by atoms with Crippen molar-refractivity contribution in [1.29, 1.82) is 0 Å². The second-order valence-corrected chi connectivity index (χ2v) is 7.92. The van der Waals surface area contributed by atoms with Gasteiger partial charge in [0.1, 0.15) is 5.65 Å². The Morgan fingerprint density at radius 2 is 2.18 bits per heavy atom. The monoisotopic (exact) mass is 452 g/mol. The molecule has 1 aliphatic carbocycles. The number of anilines is 2. The number of methoxy groups -OCH3 is 2. The molecule has 174 valence electrons. The Morgan fingerprint density at radius 3 is 2.88 bits per heavy atom. The summed E-state index contributed by atoms with van der Waals surface area (Å²) in [6.07, 6.45) is 10.9. The molecule has 1 atom stereocenters. The van der Waals surface area contributed by atoms with Gasteiger partial charge in [0.2, 0.25) is 0 Å². The van der Waals surface area contributed by atoms with Gasteiger partial charge < -0.3 is 29.1 Å². The standard InChI is InChI=1S/C24H28N4O5/c1-31-12-10-28-21(24(30)32-2)20(27-23(29)19-9-6-11-33-19)18-13-17(15-26-22(18)28)25-14-16-7-4-3-5-8-16/h3-4,6,9,11,13,15-16,25H,5,7-8,10,12,14H2,1-2H3,(H,27,29)/t16-/m1/s1. The van der Waals surface area contributed by atoms with Gasteiger partial charge in [-0.25, -0.2) is 9.78 Å². The number of hydrogen-bond acceptors (Lipinski definition) is 7. The van der Waals surface area contributed by atoms with Crippen LogP contribution >= 0.6 is 0 Å². The molecular formula is C24H28N4O5. The molecule has 0 bridgehead atoms. The van der Waals surface area contributed by atoms with Crippen LogP contribution in [0.1, 0.15) is 40.3 Å². The molecule has 1 amide bonds. The highest BCUT2D eigenvalue weighted by Gasteiger charge is 2.27. The molecule has 4 rings (SSSR count). The second-order valence-electron chi connectivity index (χ2n) is 7.92. The molecule has 0 unspecified atom stereocenters. The SMILES string of the molecule is COCCn1c(C(=O)OC)c(NC(=O)c2ccco2)c2cc(NC[C@@H]3CC=CCC3)cnc21. The second kappa shape index (κ2) is 10.4. The van der Waals surface area contributed by atoms with Crippen molar-refractivity contribution in [2.75, 3.05) is 38.0 Å². The molecule has 0 fully saturated rings. The molecule has 9 nitrogen and oxygen atoms in total. The highest BCUT2D eigenvalue weighted by Crippen LogP contribution is 2.33. The van der Waals surface area contributed by atoms with Gasteiger partial charge in [0.05, 0.1) is 37.6 Å². The molecule has 3 aromatic rings.